The number of phosphoric acid groups is 1. The standard InChI is InChI=1S/C60H66N9O7P/c1-10-58(11-2,49-37-43-28-16-19-31-46(43)55(70)67(49)64-52-40(7)25-22-34-61-52)74-77(73,75-59(12-3,13-4)50-38-44-29-17-20-32-47(44)56(71)68(50)65-53-41(8)26-23-35-62-53)76-60(14-5,15-6)51-39-45-30-18-21-33-48(45)57(72)69(51)66-54-42(9)27-24-36-63-54/h16-39H,10-15H2,1-9H3,(H,61,64)(H,62,65)(H,63,66). The van der Waals surface area contributed by atoms with E-state index in [9.17, 15) is 0 Å². The number of hydrogen-bond donors (Lipinski definition) is 3. The Morgan fingerprint density at radius 3 is 0.922 bits per heavy atom. The molecule has 0 radical (unpaired) electrons. The Hall–Kier alpha value is -7.75. The molecule has 0 saturated heterocycles. The second-order valence-electron chi connectivity index (χ2n) is 19.4. The number of anilines is 3. The van der Waals surface area contributed by atoms with Crippen LogP contribution in [0.15, 0.2) is 160 Å². The van der Waals surface area contributed by atoms with Crippen molar-refractivity contribution in [1.82, 2.24) is 29.0 Å². The van der Waals surface area contributed by atoms with Gasteiger partial charge in [-0.1, -0.05) is 114 Å². The summed E-state index contributed by atoms with van der Waals surface area (Å²) in [5.41, 5.74) is 7.18. The van der Waals surface area contributed by atoms with Crippen molar-refractivity contribution in [3.8, 4) is 0 Å². The van der Waals surface area contributed by atoms with E-state index in [0.29, 0.717) is 66.9 Å². The van der Waals surface area contributed by atoms with Crippen LogP contribution >= 0.6 is 7.82 Å². The number of benzene rings is 3. The minimum absolute atomic E-state index is 0.153. The Morgan fingerprint density at radius 1 is 0.416 bits per heavy atom. The number of pyridine rings is 6. The zero-order valence-electron chi connectivity index (χ0n) is 45.1. The van der Waals surface area contributed by atoms with Gasteiger partial charge in [-0.25, -0.2) is 33.5 Å². The molecule has 0 amide bonds. The van der Waals surface area contributed by atoms with Crippen molar-refractivity contribution in [2.24, 2.45) is 0 Å². The summed E-state index contributed by atoms with van der Waals surface area (Å²) in [5, 5.41) is 3.14. The van der Waals surface area contributed by atoms with Crippen molar-refractivity contribution in [2.45, 2.75) is 118 Å². The Labute approximate surface area is 447 Å². The number of rotatable bonds is 21. The topological polar surface area (TPSA) is 186 Å². The zero-order chi connectivity index (χ0) is 54.7. The van der Waals surface area contributed by atoms with Crippen LogP contribution in [0, 0.1) is 20.8 Å². The Kier molecular flexibility index (Phi) is 15.5. The molecule has 6 heterocycles. The third-order valence-electron chi connectivity index (χ3n) is 15.2. The molecule has 0 unspecified atom stereocenters. The molecule has 77 heavy (non-hydrogen) atoms. The van der Waals surface area contributed by atoms with Gasteiger partial charge in [-0.2, -0.15) is 0 Å². The number of nitrogens with one attached hydrogen (secondary N) is 3. The third-order valence-corrected chi connectivity index (χ3v) is 16.9. The first-order chi connectivity index (χ1) is 37.1. The van der Waals surface area contributed by atoms with Crippen LogP contribution in [-0.4, -0.2) is 29.0 Å². The fourth-order valence-corrected chi connectivity index (χ4v) is 12.8. The molecule has 0 spiro atoms. The normalized spacial score (nSPS) is 12.4. The van der Waals surface area contributed by atoms with Gasteiger partial charge in [0.1, 0.15) is 34.3 Å². The number of aryl methyl sites for hydroxylation is 3. The predicted molar refractivity (Wildman–Crippen MR) is 306 cm³/mol. The van der Waals surface area contributed by atoms with E-state index in [0.717, 1.165) is 16.7 Å². The molecule has 9 rings (SSSR count). The van der Waals surface area contributed by atoms with Gasteiger partial charge in [0.15, 0.2) is 0 Å². The molecule has 0 bridgehead atoms. The molecule has 3 aromatic carbocycles. The maximum atomic E-state index is 17.5. The first-order valence-corrected chi connectivity index (χ1v) is 27.8. The first kappa shape index (κ1) is 54.1. The molecule has 0 saturated carbocycles. The lowest BCUT2D eigenvalue weighted by Crippen LogP contribution is -2.43. The average Bonchev–Trinajstić information content (AvgIpc) is 3.47. The van der Waals surface area contributed by atoms with Crippen molar-refractivity contribution in [3.63, 3.8) is 0 Å². The molecule has 6 aromatic heterocycles. The van der Waals surface area contributed by atoms with Crippen LogP contribution in [0.1, 0.15) is 114 Å². The summed E-state index contributed by atoms with van der Waals surface area (Å²) >= 11 is 0. The average molecular weight is 1060 g/mol. The summed E-state index contributed by atoms with van der Waals surface area (Å²) in [6.07, 6.45) is 5.82. The van der Waals surface area contributed by atoms with E-state index in [1.165, 1.54) is 14.0 Å². The highest BCUT2D eigenvalue weighted by Gasteiger charge is 2.53. The van der Waals surface area contributed by atoms with Gasteiger partial charge in [0, 0.05) is 34.7 Å². The lowest BCUT2D eigenvalue weighted by Gasteiger charge is -2.44. The number of hydrogen-bond acceptors (Lipinski definition) is 13. The van der Waals surface area contributed by atoms with Crippen LogP contribution < -0.4 is 33.0 Å². The summed E-state index contributed by atoms with van der Waals surface area (Å²) in [4.78, 5) is 58.9. The molecule has 0 aliphatic heterocycles. The molecule has 0 aliphatic rings. The van der Waals surface area contributed by atoms with Gasteiger partial charge >= 0.3 is 7.82 Å². The number of nitrogens with zero attached hydrogens (tertiary/aromatic N) is 6. The van der Waals surface area contributed by atoms with Gasteiger partial charge in [0.2, 0.25) is 0 Å². The lowest BCUT2D eigenvalue weighted by atomic mass is 9.91. The molecular formula is C60H66N9O7P. The van der Waals surface area contributed by atoms with Crippen molar-refractivity contribution < 1.29 is 18.1 Å². The van der Waals surface area contributed by atoms with E-state index in [1.54, 1.807) is 55.0 Å². The van der Waals surface area contributed by atoms with Gasteiger partial charge < -0.3 is 0 Å². The van der Waals surface area contributed by atoms with Gasteiger partial charge in [0.05, 0.1) is 17.1 Å². The highest BCUT2D eigenvalue weighted by Crippen LogP contribution is 2.65. The van der Waals surface area contributed by atoms with Crippen molar-refractivity contribution in [1.29, 1.82) is 0 Å². The quantitative estimate of drug-likeness (QED) is 0.0578. The van der Waals surface area contributed by atoms with Gasteiger partial charge in [-0.15, -0.1) is 0 Å². The summed E-state index contributed by atoms with van der Waals surface area (Å²) in [7, 11) is -5.22. The summed E-state index contributed by atoms with van der Waals surface area (Å²) in [5.74, 6) is 1.26. The first-order valence-electron chi connectivity index (χ1n) is 26.4. The third kappa shape index (κ3) is 10.1. The van der Waals surface area contributed by atoms with Crippen molar-refractivity contribution >= 4 is 57.6 Å². The number of phosphoric ester groups is 1. The maximum Gasteiger partial charge on any atom is 0.477 e. The number of aromatic nitrogens is 6. The fraction of sp³-hybridized carbons (Fsp3) is 0.300. The monoisotopic (exact) mass is 1060 g/mol. The Morgan fingerprint density at radius 2 is 0.675 bits per heavy atom. The predicted octanol–water partition coefficient (Wildman–Crippen LogP) is 13.0. The SMILES string of the molecule is CCC(CC)(OP(=O)(OC(CC)(CC)c1cc2ccccc2c(=O)n1Nc1ncccc1C)OC(CC)(CC)c1cc2ccccc2c(=O)n1Nc1ncccc1C)c1cc2ccccc2c(=O)n1Nc1ncccc1C. The molecule has 9 aromatic rings. The van der Waals surface area contributed by atoms with Crippen LogP contribution in [0.5, 0.6) is 0 Å². The zero-order valence-corrected chi connectivity index (χ0v) is 46.0. The van der Waals surface area contributed by atoms with E-state index in [2.05, 4.69) is 31.2 Å². The highest BCUT2D eigenvalue weighted by atomic mass is 31.2. The maximum absolute atomic E-state index is 17.5. The van der Waals surface area contributed by atoms with Crippen molar-refractivity contribution in [2.75, 3.05) is 16.3 Å². The van der Waals surface area contributed by atoms with E-state index in [1.807, 2.05) is 153 Å². The fourth-order valence-electron chi connectivity index (χ4n) is 10.3. The molecular weight excluding hydrogens is 990 g/mol. The largest absolute Gasteiger partial charge is 0.477 e. The number of fused-ring (bicyclic) bond motifs is 3. The van der Waals surface area contributed by atoms with Crippen LogP contribution in [0.3, 0.4) is 0 Å². The van der Waals surface area contributed by atoms with E-state index >= 15 is 18.9 Å². The van der Waals surface area contributed by atoms with Gasteiger partial charge in [-0.3, -0.25) is 44.2 Å². The smallest absolute Gasteiger partial charge is 0.274 e. The van der Waals surface area contributed by atoms with Crippen LogP contribution in [0.2, 0.25) is 0 Å². The minimum Gasteiger partial charge on any atom is -0.274 e. The van der Waals surface area contributed by atoms with Crippen molar-refractivity contribution in [3.05, 3.63) is 211 Å². The molecule has 0 atom stereocenters. The molecule has 16 nitrogen and oxygen atoms in total. The van der Waals surface area contributed by atoms with Crippen LogP contribution in [-0.2, 0) is 34.9 Å². The molecule has 0 aliphatic carbocycles. The van der Waals surface area contributed by atoms with E-state index in [4.69, 9.17) is 13.6 Å². The highest BCUT2D eigenvalue weighted by molar-refractivity contribution is 7.48. The van der Waals surface area contributed by atoms with E-state index < -0.39 is 41.3 Å². The van der Waals surface area contributed by atoms with Crippen LogP contribution in [0.25, 0.3) is 32.3 Å². The molecule has 0 fully saturated rings. The summed E-state index contributed by atoms with van der Waals surface area (Å²) < 4.78 is 44.0. The molecule has 17 heteroatoms. The van der Waals surface area contributed by atoms with Crippen LogP contribution in [0.4, 0.5) is 17.5 Å². The molecule has 398 valence electrons. The Balaban J connectivity index is 1.33. The second kappa shape index (κ2) is 22.1. The summed E-state index contributed by atoms with van der Waals surface area (Å²) in [6.45, 7) is 17.0. The van der Waals surface area contributed by atoms with E-state index in [-0.39, 0.29) is 38.5 Å². The van der Waals surface area contributed by atoms with Gasteiger partial charge in [-0.05, 0) is 147 Å². The molecule has 3 N–H and O–H groups in total. The minimum atomic E-state index is -5.22. The lowest BCUT2D eigenvalue weighted by molar-refractivity contribution is -0.0865. The Bertz CT molecular complexity index is 3480. The van der Waals surface area contributed by atoms with Gasteiger partial charge in [0.25, 0.3) is 16.7 Å². The summed E-state index contributed by atoms with van der Waals surface area (Å²) in [6, 6.07) is 38.4. The second-order valence-corrected chi connectivity index (χ2v) is 20.9.